The lowest BCUT2D eigenvalue weighted by Crippen LogP contribution is -2.39. The summed E-state index contributed by atoms with van der Waals surface area (Å²) in [5, 5.41) is 23.7. The maximum Gasteiger partial charge on any atom is 0.370 e. The van der Waals surface area contributed by atoms with Gasteiger partial charge in [-0.3, -0.25) is 19.8 Å². The van der Waals surface area contributed by atoms with Gasteiger partial charge in [-0.25, -0.2) is 4.79 Å². The van der Waals surface area contributed by atoms with Crippen molar-refractivity contribution in [1.29, 1.82) is 0 Å². The number of carbonyl (C=O) groups excluding carboxylic acids is 1. The first-order valence-corrected chi connectivity index (χ1v) is 9.26. The van der Waals surface area contributed by atoms with Crippen LogP contribution in [0.25, 0.3) is 0 Å². The van der Waals surface area contributed by atoms with Crippen LogP contribution in [0.15, 0.2) is 24.5 Å². The summed E-state index contributed by atoms with van der Waals surface area (Å²) in [7, 11) is 0. The van der Waals surface area contributed by atoms with Crippen LogP contribution < -0.4 is 19.9 Å². The standard InChI is InChI=1S/C18H24N4O6/c23-15(24)10-21-6-2-13(3-7-21)28-11-19-4-5-20-17(25)12-1-8-22-14(9-12)16(22)18(26)27/h2-3,6-7,12,14,16,19H,1,4-5,8-11H2,(H2-,20,23,24,25,26,27)/p+1. The van der Waals surface area contributed by atoms with E-state index in [1.54, 1.807) is 24.5 Å². The van der Waals surface area contributed by atoms with E-state index < -0.39 is 18.0 Å². The van der Waals surface area contributed by atoms with Gasteiger partial charge in [-0.15, -0.1) is 0 Å². The third-order valence-corrected chi connectivity index (χ3v) is 5.06. The third kappa shape index (κ3) is 5.17. The average molecular weight is 393 g/mol. The molecular weight excluding hydrogens is 368 g/mol. The zero-order valence-corrected chi connectivity index (χ0v) is 15.4. The maximum atomic E-state index is 12.2. The van der Waals surface area contributed by atoms with Gasteiger partial charge < -0.3 is 20.3 Å². The molecule has 1 amide bonds. The lowest BCUT2D eigenvalue weighted by molar-refractivity contribution is -0.685. The maximum absolute atomic E-state index is 12.2. The first-order chi connectivity index (χ1) is 13.5. The van der Waals surface area contributed by atoms with Crippen molar-refractivity contribution in [2.75, 3.05) is 26.4 Å². The smallest absolute Gasteiger partial charge is 0.370 e. The molecule has 10 nitrogen and oxygen atoms in total. The van der Waals surface area contributed by atoms with E-state index in [2.05, 4.69) is 10.6 Å². The van der Waals surface area contributed by atoms with E-state index in [0.29, 0.717) is 38.2 Å². The molecule has 0 bridgehead atoms. The lowest BCUT2D eigenvalue weighted by Gasteiger charge is -2.21. The van der Waals surface area contributed by atoms with Gasteiger partial charge in [0, 0.05) is 43.7 Å². The highest BCUT2D eigenvalue weighted by Gasteiger charge is 2.55. The second kappa shape index (κ2) is 8.98. The quantitative estimate of drug-likeness (QED) is 0.166. The number of piperidine rings is 1. The molecule has 2 fully saturated rings. The van der Waals surface area contributed by atoms with E-state index in [9.17, 15) is 14.4 Å². The van der Waals surface area contributed by atoms with Crippen molar-refractivity contribution in [2.24, 2.45) is 5.92 Å². The summed E-state index contributed by atoms with van der Waals surface area (Å²) in [5.41, 5.74) is 0. The van der Waals surface area contributed by atoms with Crippen molar-refractivity contribution in [1.82, 2.24) is 15.5 Å². The van der Waals surface area contributed by atoms with E-state index in [1.165, 1.54) is 4.57 Å². The summed E-state index contributed by atoms with van der Waals surface area (Å²) in [6.45, 7) is 1.82. The number of carboxylic acid groups (broad SMARTS) is 2. The number of ether oxygens (including phenoxy) is 1. The fourth-order valence-electron chi connectivity index (χ4n) is 3.59. The number of hydrogen-bond donors (Lipinski definition) is 4. The summed E-state index contributed by atoms with van der Waals surface area (Å²) in [5.74, 6) is -1.24. The van der Waals surface area contributed by atoms with Gasteiger partial charge in [-0.1, -0.05) is 0 Å². The number of aromatic nitrogens is 1. The number of amides is 1. The molecular formula is C18H25N4O6+. The Morgan fingerprint density at radius 2 is 1.96 bits per heavy atom. The van der Waals surface area contributed by atoms with Crippen molar-refractivity contribution < 1.29 is 33.9 Å². The molecule has 4 unspecified atom stereocenters. The van der Waals surface area contributed by atoms with E-state index in [1.807, 2.05) is 4.90 Å². The van der Waals surface area contributed by atoms with E-state index in [-0.39, 0.29) is 31.1 Å². The zero-order valence-electron chi connectivity index (χ0n) is 15.4. The highest BCUT2D eigenvalue weighted by molar-refractivity contribution is 5.81. The first-order valence-electron chi connectivity index (χ1n) is 9.26. The Hall–Kier alpha value is -2.72. The molecule has 2 aliphatic rings. The number of aliphatic carboxylic acids is 2. The number of rotatable bonds is 10. The Labute approximate surface area is 162 Å². The van der Waals surface area contributed by atoms with Crippen molar-refractivity contribution in [3.05, 3.63) is 24.5 Å². The summed E-state index contributed by atoms with van der Waals surface area (Å²) in [6, 6.07) is 2.96. The molecule has 4 N–H and O–H groups in total. The minimum Gasteiger partial charge on any atom is -0.480 e. The molecule has 2 saturated heterocycles. The topological polar surface area (TPSA) is 132 Å². The van der Waals surface area contributed by atoms with Crippen LogP contribution in [0.3, 0.4) is 0 Å². The second-order valence-corrected chi connectivity index (χ2v) is 6.99. The summed E-state index contributed by atoms with van der Waals surface area (Å²) in [4.78, 5) is 35.8. The Kier molecular flexibility index (Phi) is 6.42. The Bertz CT molecular complexity index is 725. The van der Waals surface area contributed by atoms with Crippen molar-refractivity contribution in [3.8, 4) is 5.75 Å². The molecule has 28 heavy (non-hydrogen) atoms. The van der Waals surface area contributed by atoms with Gasteiger partial charge in [-0.2, -0.15) is 4.57 Å². The van der Waals surface area contributed by atoms with Gasteiger partial charge in [0.1, 0.15) is 18.5 Å². The predicted molar refractivity (Wildman–Crippen MR) is 95.4 cm³/mol. The van der Waals surface area contributed by atoms with Gasteiger partial charge in [0.05, 0.1) is 0 Å². The molecule has 2 aliphatic heterocycles. The lowest BCUT2D eigenvalue weighted by atomic mass is 9.95. The largest absolute Gasteiger partial charge is 0.480 e. The molecule has 3 rings (SSSR count). The molecule has 0 aromatic carbocycles. The normalized spacial score (nSPS) is 25.4. The molecule has 0 radical (unpaired) electrons. The van der Waals surface area contributed by atoms with Crippen LogP contribution in [-0.2, 0) is 20.9 Å². The van der Waals surface area contributed by atoms with Gasteiger partial charge in [0.15, 0.2) is 12.4 Å². The molecule has 0 aliphatic carbocycles. The highest BCUT2D eigenvalue weighted by Crippen LogP contribution is 2.39. The first kappa shape index (κ1) is 20.0. The number of carboxylic acids is 2. The van der Waals surface area contributed by atoms with Crippen molar-refractivity contribution in [3.63, 3.8) is 0 Å². The van der Waals surface area contributed by atoms with Gasteiger partial charge >= 0.3 is 11.9 Å². The number of carbonyl (C=O) groups is 3. The van der Waals surface area contributed by atoms with E-state index in [0.717, 1.165) is 0 Å². The molecule has 152 valence electrons. The number of nitrogens with one attached hydrogen (secondary N) is 2. The van der Waals surface area contributed by atoms with Crippen LogP contribution in [0.1, 0.15) is 12.8 Å². The SMILES string of the molecule is O=C(O)C[n+]1ccc(OCNCCNC(=O)C2CCN3C(C2)C3C(=O)O)cc1. The molecule has 1 aromatic rings. The van der Waals surface area contributed by atoms with Gasteiger partial charge in [-0.05, 0) is 12.8 Å². The molecule has 10 heteroatoms. The van der Waals surface area contributed by atoms with Crippen molar-refractivity contribution in [2.45, 2.75) is 31.5 Å². The summed E-state index contributed by atoms with van der Waals surface area (Å²) >= 11 is 0. The summed E-state index contributed by atoms with van der Waals surface area (Å²) < 4.78 is 7.03. The average Bonchev–Trinajstić information content (AvgIpc) is 3.39. The fourth-order valence-corrected chi connectivity index (χ4v) is 3.59. The van der Waals surface area contributed by atoms with Crippen LogP contribution in [0.5, 0.6) is 5.75 Å². The minimum absolute atomic E-state index is 0.00794. The van der Waals surface area contributed by atoms with E-state index >= 15 is 0 Å². The molecule has 0 saturated carbocycles. The third-order valence-electron chi connectivity index (χ3n) is 5.06. The van der Waals surface area contributed by atoms with Gasteiger partial charge in [0.2, 0.25) is 12.5 Å². The fraction of sp³-hybridized carbons (Fsp3) is 0.556. The number of pyridine rings is 1. The van der Waals surface area contributed by atoms with E-state index in [4.69, 9.17) is 14.9 Å². The zero-order chi connectivity index (χ0) is 20.1. The monoisotopic (exact) mass is 393 g/mol. The second-order valence-electron chi connectivity index (χ2n) is 6.99. The molecule has 4 atom stereocenters. The van der Waals surface area contributed by atoms with Crippen molar-refractivity contribution >= 4 is 17.8 Å². The minimum atomic E-state index is -0.910. The van der Waals surface area contributed by atoms with Crippen LogP contribution >= 0.6 is 0 Å². The van der Waals surface area contributed by atoms with Crippen LogP contribution in [0.4, 0.5) is 0 Å². The van der Waals surface area contributed by atoms with Crippen LogP contribution in [-0.4, -0.2) is 71.4 Å². The number of hydrogen-bond acceptors (Lipinski definition) is 6. The predicted octanol–water partition coefficient (Wildman–Crippen LogP) is -1.35. The molecule has 3 heterocycles. The number of fused-ring (bicyclic) bond motifs is 1. The number of nitrogens with zero attached hydrogens (tertiary/aromatic N) is 2. The summed E-state index contributed by atoms with van der Waals surface area (Å²) in [6.07, 6.45) is 4.56. The molecule has 0 spiro atoms. The van der Waals surface area contributed by atoms with Crippen LogP contribution in [0.2, 0.25) is 0 Å². The molecule has 1 aromatic heterocycles. The van der Waals surface area contributed by atoms with Gasteiger partial charge in [0.25, 0.3) is 0 Å². The Balaban J connectivity index is 1.26. The van der Waals surface area contributed by atoms with Crippen LogP contribution in [0, 0.1) is 5.92 Å². The Morgan fingerprint density at radius 1 is 1.21 bits per heavy atom. The Morgan fingerprint density at radius 3 is 2.64 bits per heavy atom. The highest BCUT2D eigenvalue weighted by atomic mass is 16.5.